The number of halogens is 1. The van der Waals surface area contributed by atoms with Crippen LogP contribution in [0.2, 0.25) is 0 Å². The number of thioether (sulfide) groups is 1. The molecule has 0 bridgehead atoms. The van der Waals surface area contributed by atoms with Crippen LogP contribution in [0.5, 0.6) is 0 Å². The topological polar surface area (TPSA) is 37.3 Å². The van der Waals surface area contributed by atoms with Crippen LogP contribution in [0.4, 0.5) is 0 Å². The molecule has 0 aliphatic heterocycles. The van der Waals surface area contributed by atoms with Gasteiger partial charge >= 0.3 is 5.97 Å². The van der Waals surface area contributed by atoms with E-state index in [1.165, 1.54) is 11.8 Å². The van der Waals surface area contributed by atoms with E-state index in [0.717, 1.165) is 9.37 Å². The van der Waals surface area contributed by atoms with Crippen molar-refractivity contribution in [3.05, 3.63) is 40.9 Å². The van der Waals surface area contributed by atoms with E-state index in [4.69, 9.17) is 0 Å². The summed E-state index contributed by atoms with van der Waals surface area (Å²) < 4.78 is 0.305. The lowest BCUT2D eigenvalue weighted by Crippen LogP contribution is -2.31. The van der Waals surface area contributed by atoms with E-state index in [0.29, 0.717) is 12.8 Å². The van der Waals surface area contributed by atoms with Gasteiger partial charge in [0.2, 0.25) is 0 Å². The first-order valence-corrected chi connectivity index (χ1v) is 6.56. The van der Waals surface area contributed by atoms with Crippen LogP contribution < -0.4 is 0 Å². The maximum atomic E-state index is 11.3. The van der Waals surface area contributed by atoms with Crippen molar-refractivity contribution in [2.75, 3.05) is 0 Å². The number of rotatable bonds is 3. The molecule has 0 unspecified atom stereocenters. The highest BCUT2D eigenvalue weighted by molar-refractivity contribution is 9.10. The molecule has 0 fully saturated rings. The van der Waals surface area contributed by atoms with Crippen LogP contribution in [0.25, 0.3) is 0 Å². The van der Waals surface area contributed by atoms with Crippen LogP contribution in [-0.2, 0) is 4.79 Å². The number of benzene rings is 1. The number of carboxylic acid groups (broad SMARTS) is 1. The van der Waals surface area contributed by atoms with E-state index >= 15 is 0 Å². The molecule has 0 spiro atoms. The summed E-state index contributed by atoms with van der Waals surface area (Å²) in [6.07, 6.45) is 5.09. The molecular formula is C12H11BrO2S. The molecule has 16 heavy (non-hydrogen) atoms. The van der Waals surface area contributed by atoms with Gasteiger partial charge in [-0.1, -0.05) is 28.1 Å². The number of aliphatic carboxylic acids is 1. The van der Waals surface area contributed by atoms with Crippen molar-refractivity contribution in [2.45, 2.75) is 22.5 Å². The van der Waals surface area contributed by atoms with Crippen LogP contribution in [0.1, 0.15) is 12.8 Å². The number of carboxylic acids is 1. The Hall–Kier alpha value is -0.740. The Kier molecular flexibility index (Phi) is 3.40. The minimum absolute atomic E-state index is 0.600. The third-order valence-electron chi connectivity index (χ3n) is 2.58. The predicted molar refractivity (Wildman–Crippen MR) is 68.7 cm³/mol. The van der Waals surface area contributed by atoms with E-state index in [1.807, 2.05) is 36.4 Å². The molecule has 1 N–H and O–H groups in total. The molecule has 84 valence electrons. The molecule has 0 aromatic heterocycles. The van der Waals surface area contributed by atoms with Crippen LogP contribution in [0.3, 0.4) is 0 Å². The summed E-state index contributed by atoms with van der Waals surface area (Å²) >= 11 is 4.80. The molecule has 1 aliphatic rings. The highest BCUT2D eigenvalue weighted by Gasteiger charge is 2.40. The maximum Gasteiger partial charge on any atom is 0.320 e. The second-order valence-corrected chi connectivity index (χ2v) is 6.11. The van der Waals surface area contributed by atoms with Gasteiger partial charge in [-0.25, -0.2) is 0 Å². The molecule has 1 aromatic rings. The summed E-state index contributed by atoms with van der Waals surface area (Å²) in [5.41, 5.74) is 0. The van der Waals surface area contributed by atoms with Gasteiger partial charge in [-0.15, -0.1) is 11.8 Å². The summed E-state index contributed by atoms with van der Waals surface area (Å²) in [5, 5.41) is 9.31. The van der Waals surface area contributed by atoms with Crippen LogP contribution in [0, 0.1) is 0 Å². The molecule has 1 aromatic carbocycles. The smallest absolute Gasteiger partial charge is 0.320 e. The van der Waals surface area contributed by atoms with E-state index < -0.39 is 10.7 Å². The van der Waals surface area contributed by atoms with Gasteiger partial charge in [-0.2, -0.15) is 0 Å². The molecule has 0 amide bonds. The van der Waals surface area contributed by atoms with E-state index in [-0.39, 0.29) is 0 Å². The quantitative estimate of drug-likeness (QED) is 0.864. The normalized spacial score (nSPS) is 17.6. The fourth-order valence-electron chi connectivity index (χ4n) is 1.66. The number of allylic oxidation sites excluding steroid dienone is 2. The molecule has 2 nitrogen and oxygen atoms in total. The fourth-order valence-corrected chi connectivity index (χ4v) is 3.09. The highest BCUT2D eigenvalue weighted by Crippen LogP contribution is 2.42. The van der Waals surface area contributed by atoms with Crippen molar-refractivity contribution >= 4 is 33.7 Å². The third kappa shape index (κ3) is 2.33. The minimum Gasteiger partial charge on any atom is -0.480 e. The molecule has 1 aliphatic carbocycles. The molecule has 0 heterocycles. The predicted octanol–water partition coefficient (Wildman–Crippen LogP) is 3.71. The van der Waals surface area contributed by atoms with E-state index in [1.54, 1.807) is 0 Å². The van der Waals surface area contributed by atoms with Gasteiger partial charge in [-0.05, 0) is 37.1 Å². The average molecular weight is 299 g/mol. The molecule has 0 atom stereocenters. The second kappa shape index (κ2) is 4.63. The molecule has 2 rings (SSSR count). The Morgan fingerprint density at radius 3 is 2.31 bits per heavy atom. The first-order valence-electron chi connectivity index (χ1n) is 4.95. The zero-order chi connectivity index (χ0) is 11.6. The molecule has 0 radical (unpaired) electrons. The largest absolute Gasteiger partial charge is 0.480 e. The Labute approximate surface area is 107 Å². The van der Waals surface area contributed by atoms with Gasteiger partial charge in [0.05, 0.1) is 0 Å². The first-order chi connectivity index (χ1) is 7.62. The standard InChI is InChI=1S/C12H11BrO2S/c13-9-3-5-10(6-4-9)16-12(11(14)15)7-1-2-8-12/h1-6H,7-8H2,(H,14,15). The SMILES string of the molecule is O=C(O)C1(Sc2ccc(Br)cc2)CC=CC1. The summed E-state index contributed by atoms with van der Waals surface area (Å²) in [6.45, 7) is 0. The Morgan fingerprint density at radius 2 is 1.81 bits per heavy atom. The highest BCUT2D eigenvalue weighted by atomic mass is 79.9. The van der Waals surface area contributed by atoms with Crippen LogP contribution >= 0.6 is 27.7 Å². The second-order valence-electron chi connectivity index (χ2n) is 3.74. The number of hydrogen-bond acceptors (Lipinski definition) is 2. The zero-order valence-electron chi connectivity index (χ0n) is 8.52. The van der Waals surface area contributed by atoms with Gasteiger partial charge in [0.25, 0.3) is 0 Å². The maximum absolute atomic E-state index is 11.3. The lowest BCUT2D eigenvalue weighted by atomic mass is 10.1. The van der Waals surface area contributed by atoms with Gasteiger partial charge in [0.15, 0.2) is 0 Å². The Bertz CT molecular complexity index is 417. The summed E-state index contributed by atoms with van der Waals surface area (Å²) in [4.78, 5) is 12.3. The summed E-state index contributed by atoms with van der Waals surface area (Å²) in [6, 6.07) is 7.75. The number of carbonyl (C=O) groups is 1. The fraction of sp³-hybridized carbons (Fsp3) is 0.250. The lowest BCUT2D eigenvalue weighted by molar-refractivity contribution is -0.139. The zero-order valence-corrected chi connectivity index (χ0v) is 10.9. The van der Waals surface area contributed by atoms with Gasteiger partial charge < -0.3 is 5.11 Å². The van der Waals surface area contributed by atoms with Crippen molar-refractivity contribution in [1.29, 1.82) is 0 Å². The minimum atomic E-state index is -0.731. The van der Waals surface area contributed by atoms with Gasteiger partial charge in [0.1, 0.15) is 4.75 Å². The van der Waals surface area contributed by atoms with Crippen molar-refractivity contribution in [1.82, 2.24) is 0 Å². The first kappa shape index (κ1) is 11.7. The van der Waals surface area contributed by atoms with Crippen LogP contribution in [-0.4, -0.2) is 15.8 Å². The lowest BCUT2D eigenvalue weighted by Gasteiger charge is -2.22. The molecule has 0 saturated carbocycles. The number of hydrogen-bond donors (Lipinski definition) is 1. The van der Waals surface area contributed by atoms with Crippen molar-refractivity contribution in [3.63, 3.8) is 0 Å². The van der Waals surface area contributed by atoms with Gasteiger partial charge in [-0.3, -0.25) is 4.79 Å². The van der Waals surface area contributed by atoms with Crippen LogP contribution in [0.15, 0.2) is 45.8 Å². The average Bonchev–Trinajstić information content (AvgIpc) is 2.71. The van der Waals surface area contributed by atoms with E-state index in [9.17, 15) is 9.90 Å². The monoisotopic (exact) mass is 298 g/mol. The third-order valence-corrected chi connectivity index (χ3v) is 4.51. The van der Waals surface area contributed by atoms with E-state index in [2.05, 4.69) is 15.9 Å². The molecule has 0 saturated heterocycles. The van der Waals surface area contributed by atoms with Gasteiger partial charge in [0, 0.05) is 9.37 Å². The summed E-state index contributed by atoms with van der Waals surface area (Å²) in [7, 11) is 0. The molecule has 4 heteroatoms. The van der Waals surface area contributed by atoms with Crippen molar-refractivity contribution in [2.24, 2.45) is 0 Å². The van der Waals surface area contributed by atoms with Crippen molar-refractivity contribution < 1.29 is 9.90 Å². The molecular weight excluding hydrogens is 288 g/mol. The van der Waals surface area contributed by atoms with Crippen molar-refractivity contribution in [3.8, 4) is 0 Å². The Morgan fingerprint density at radius 1 is 1.25 bits per heavy atom. The Balaban J connectivity index is 2.18. The summed E-state index contributed by atoms with van der Waals surface area (Å²) in [5.74, 6) is -0.731.